The van der Waals surface area contributed by atoms with Gasteiger partial charge < -0.3 is 14.8 Å². The lowest BCUT2D eigenvalue weighted by molar-refractivity contribution is 0.0525. The van der Waals surface area contributed by atoms with Crippen molar-refractivity contribution in [2.45, 2.75) is 19.4 Å². The van der Waals surface area contributed by atoms with Gasteiger partial charge in [0.1, 0.15) is 6.10 Å². The lowest BCUT2D eigenvalue weighted by atomic mass is 10.3. The highest BCUT2D eigenvalue weighted by atomic mass is 16.5. The van der Waals surface area contributed by atoms with Crippen molar-refractivity contribution in [3.63, 3.8) is 0 Å². The topological polar surface area (TPSA) is 60.5 Å². The first-order chi connectivity index (χ1) is 8.29. The lowest BCUT2D eigenvalue weighted by Crippen LogP contribution is -2.20. The number of nitrogens with zero attached hydrogens (tertiary/aromatic N) is 1. The van der Waals surface area contributed by atoms with Crippen molar-refractivity contribution < 1.29 is 14.3 Å². The van der Waals surface area contributed by atoms with Gasteiger partial charge in [-0.1, -0.05) is 0 Å². The number of rotatable bonds is 4. The molecule has 1 N–H and O–H groups in total. The van der Waals surface area contributed by atoms with E-state index < -0.39 is 0 Å². The number of ether oxygens (including phenoxy) is 2. The predicted octanol–water partition coefficient (Wildman–Crippen LogP) is 0.999. The molecule has 1 aromatic rings. The minimum atomic E-state index is -0.353. The summed E-state index contributed by atoms with van der Waals surface area (Å²) in [6.45, 7) is 3.97. The van der Waals surface area contributed by atoms with E-state index in [0.29, 0.717) is 18.1 Å². The van der Waals surface area contributed by atoms with Crippen molar-refractivity contribution in [2.75, 3.05) is 19.7 Å². The van der Waals surface area contributed by atoms with Crippen molar-refractivity contribution in [1.29, 1.82) is 0 Å². The smallest absolute Gasteiger partial charge is 0.339 e. The summed E-state index contributed by atoms with van der Waals surface area (Å²) in [6.07, 6.45) is 2.65. The molecule has 92 valence electrons. The molecule has 0 amide bonds. The fourth-order valence-corrected chi connectivity index (χ4v) is 1.68. The molecule has 1 fully saturated rings. The maximum atomic E-state index is 11.4. The van der Waals surface area contributed by atoms with E-state index in [2.05, 4.69) is 10.3 Å². The predicted molar refractivity (Wildman–Crippen MR) is 62.1 cm³/mol. The Morgan fingerprint density at radius 2 is 2.47 bits per heavy atom. The minimum Gasteiger partial charge on any atom is -0.473 e. The third-order valence-corrected chi connectivity index (χ3v) is 2.55. The van der Waals surface area contributed by atoms with E-state index in [1.807, 2.05) is 0 Å². The molecule has 1 aromatic heterocycles. The zero-order valence-electron chi connectivity index (χ0n) is 9.81. The van der Waals surface area contributed by atoms with E-state index in [1.165, 1.54) is 6.20 Å². The van der Waals surface area contributed by atoms with Gasteiger partial charge in [0.15, 0.2) is 0 Å². The Balaban J connectivity index is 1.94. The van der Waals surface area contributed by atoms with Gasteiger partial charge in [0.25, 0.3) is 0 Å². The van der Waals surface area contributed by atoms with Crippen LogP contribution in [0.4, 0.5) is 0 Å². The van der Waals surface area contributed by atoms with Crippen LogP contribution in [-0.4, -0.2) is 36.8 Å². The molecule has 1 aliphatic heterocycles. The number of esters is 1. The highest BCUT2D eigenvalue weighted by Crippen LogP contribution is 2.13. The number of nitrogens with one attached hydrogen (secondary N) is 1. The first kappa shape index (κ1) is 11.9. The molecule has 1 aliphatic rings. The van der Waals surface area contributed by atoms with Crippen LogP contribution in [0.3, 0.4) is 0 Å². The average Bonchev–Trinajstić information content (AvgIpc) is 2.83. The van der Waals surface area contributed by atoms with E-state index in [4.69, 9.17) is 9.47 Å². The van der Waals surface area contributed by atoms with Gasteiger partial charge in [-0.3, -0.25) is 0 Å². The van der Waals surface area contributed by atoms with Crippen LogP contribution in [0.5, 0.6) is 5.88 Å². The summed E-state index contributed by atoms with van der Waals surface area (Å²) in [6, 6.07) is 3.37. The van der Waals surface area contributed by atoms with Crippen molar-refractivity contribution in [3.05, 3.63) is 23.9 Å². The van der Waals surface area contributed by atoms with Crippen molar-refractivity contribution in [2.24, 2.45) is 0 Å². The SMILES string of the molecule is CCOC(=O)c1ccc(OC2CCNC2)nc1. The fourth-order valence-electron chi connectivity index (χ4n) is 1.68. The molecule has 0 radical (unpaired) electrons. The summed E-state index contributed by atoms with van der Waals surface area (Å²) in [5.74, 6) is 0.195. The van der Waals surface area contributed by atoms with Crippen LogP contribution in [0.25, 0.3) is 0 Å². The van der Waals surface area contributed by atoms with Gasteiger partial charge >= 0.3 is 5.97 Å². The summed E-state index contributed by atoms with van der Waals surface area (Å²) in [4.78, 5) is 15.5. The van der Waals surface area contributed by atoms with E-state index in [0.717, 1.165) is 19.5 Å². The van der Waals surface area contributed by atoms with Crippen LogP contribution in [0.15, 0.2) is 18.3 Å². The second-order valence-corrected chi connectivity index (χ2v) is 3.84. The molecule has 5 heteroatoms. The molecule has 5 nitrogen and oxygen atoms in total. The van der Waals surface area contributed by atoms with Crippen molar-refractivity contribution >= 4 is 5.97 Å². The molecule has 0 aromatic carbocycles. The number of pyridine rings is 1. The van der Waals surface area contributed by atoms with E-state index in [9.17, 15) is 4.79 Å². The van der Waals surface area contributed by atoms with Crippen LogP contribution in [0.2, 0.25) is 0 Å². The standard InChI is InChI=1S/C12H16N2O3/c1-2-16-12(15)9-3-4-11(14-7-9)17-10-5-6-13-8-10/h3-4,7,10,13H,2,5-6,8H2,1H3. The molecule has 0 spiro atoms. The van der Waals surface area contributed by atoms with Crippen LogP contribution in [0.1, 0.15) is 23.7 Å². The monoisotopic (exact) mass is 236 g/mol. The van der Waals surface area contributed by atoms with E-state index >= 15 is 0 Å². The largest absolute Gasteiger partial charge is 0.473 e. The molecule has 17 heavy (non-hydrogen) atoms. The van der Waals surface area contributed by atoms with Gasteiger partial charge in [-0.25, -0.2) is 9.78 Å². The number of aromatic nitrogens is 1. The van der Waals surface area contributed by atoms with Crippen LogP contribution in [0, 0.1) is 0 Å². The number of carbonyl (C=O) groups excluding carboxylic acids is 1. The molecular weight excluding hydrogens is 220 g/mol. The highest BCUT2D eigenvalue weighted by Gasteiger charge is 2.16. The van der Waals surface area contributed by atoms with E-state index in [1.54, 1.807) is 19.1 Å². The van der Waals surface area contributed by atoms with Gasteiger partial charge in [0.05, 0.1) is 12.2 Å². The Morgan fingerprint density at radius 1 is 1.59 bits per heavy atom. The van der Waals surface area contributed by atoms with Crippen LogP contribution >= 0.6 is 0 Å². The zero-order chi connectivity index (χ0) is 12.1. The lowest BCUT2D eigenvalue weighted by Gasteiger charge is -2.11. The Kier molecular flexibility index (Phi) is 3.93. The quantitative estimate of drug-likeness (QED) is 0.790. The molecule has 0 aliphatic carbocycles. The molecule has 1 unspecified atom stereocenters. The minimum absolute atomic E-state index is 0.177. The molecule has 0 bridgehead atoms. The molecule has 1 atom stereocenters. The van der Waals surface area contributed by atoms with Crippen LogP contribution in [-0.2, 0) is 4.74 Å². The van der Waals surface area contributed by atoms with Gasteiger partial charge in [-0.05, 0) is 26.0 Å². The molecular formula is C12H16N2O3. The Hall–Kier alpha value is -1.62. The van der Waals surface area contributed by atoms with Gasteiger partial charge in [-0.2, -0.15) is 0 Å². The van der Waals surface area contributed by atoms with Crippen molar-refractivity contribution in [1.82, 2.24) is 10.3 Å². The highest BCUT2D eigenvalue weighted by molar-refractivity contribution is 5.89. The summed E-state index contributed by atoms with van der Waals surface area (Å²) < 4.78 is 10.5. The first-order valence-corrected chi connectivity index (χ1v) is 5.80. The van der Waals surface area contributed by atoms with Gasteiger partial charge in [0.2, 0.25) is 5.88 Å². The second kappa shape index (κ2) is 5.63. The number of hydrogen-bond donors (Lipinski definition) is 1. The maximum Gasteiger partial charge on any atom is 0.339 e. The maximum absolute atomic E-state index is 11.4. The molecule has 0 saturated carbocycles. The van der Waals surface area contributed by atoms with E-state index in [-0.39, 0.29) is 12.1 Å². The Morgan fingerprint density at radius 3 is 3.06 bits per heavy atom. The third-order valence-electron chi connectivity index (χ3n) is 2.55. The summed E-state index contributed by atoms with van der Waals surface area (Å²) >= 11 is 0. The second-order valence-electron chi connectivity index (χ2n) is 3.84. The zero-order valence-corrected chi connectivity index (χ0v) is 9.81. The van der Waals surface area contributed by atoms with Crippen LogP contribution < -0.4 is 10.1 Å². The summed E-state index contributed by atoms with van der Waals surface area (Å²) in [7, 11) is 0. The third kappa shape index (κ3) is 3.17. The van der Waals surface area contributed by atoms with Gasteiger partial charge in [-0.15, -0.1) is 0 Å². The molecule has 2 rings (SSSR count). The Bertz CT molecular complexity index is 372. The number of carbonyl (C=O) groups is 1. The Labute approximate surface area is 100 Å². The summed E-state index contributed by atoms with van der Waals surface area (Å²) in [5, 5.41) is 3.21. The molecule has 2 heterocycles. The molecule has 1 saturated heterocycles. The van der Waals surface area contributed by atoms with Crippen molar-refractivity contribution in [3.8, 4) is 5.88 Å². The summed E-state index contributed by atoms with van der Waals surface area (Å²) in [5.41, 5.74) is 0.448. The number of hydrogen-bond acceptors (Lipinski definition) is 5. The fraction of sp³-hybridized carbons (Fsp3) is 0.500. The first-order valence-electron chi connectivity index (χ1n) is 5.80. The normalized spacial score (nSPS) is 19.0. The van der Waals surface area contributed by atoms with Gasteiger partial charge in [0, 0.05) is 18.8 Å². The average molecular weight is 236 g/mol.